The first-order valence-corrected chi connectivity index (χ1v) is 6.92. The SMILES string of the molecule is CC1(C)CN(c2ccc(C=O)cc2C#N)CCS1. The van der Waals surface area contributed by atoms with Gasteiger partial charge in [0, 0.05) is 29.2 Å². The van der Waals surface area contributed by atoms with Crippen molar-refractivity contribution in [3.05, 3.63) is 29.3 Å². The highest BCUT2D eigenvalue weighted by Gasteiger charge is 2.28. The first kappa shape index (κ1) is 13.0. The van der Waals surface area contributed by atoms with Crippen molar-refractivity contribution in [2.45, 2.75) is 18.6 Å². The van der Waals surface area contributed by atoms with Crippen LogP contribution in [0.4, 0.5) is 5.69 Å². The van der Waals surface area contributed by atoms with Crippen LogP contribution in [0.1, 0.15) is 29.8 Å². The topological polar surface area (TPSA) is 44.1 Å². The van der Waals surface area contributed by atoms with Gasteiger partial charge in [-0.15, -0.1) is 0 Å². The highest BCUT2D eigenvalue weighted by molar-refractivity contribution is 8.00. The van der Waals surface area contributed by atoms with Crippen molar-refractivity contribution in [1.29, 1.82) is 5.26 Å². The van der Waals surface area contributed by atoms with E-state index in [1.807, 2.05) is 17.8 Å². The van der Waals surface area contributed by atoms with Crippen LogP contribution in [0.2, 0.25) is 0 Å². The van der Waals surface area contributed by atoms with Gasteiger partial charge in [-0.3, -0.25) is 4.79 Å². The van der Waals surface area contributed by atoms with Crippen LogP contribution in [0.15, 0.2) is 18.2 Å². The lowest BCUT2D eigenvalue weighted by Crippen LogP contribution is -2.43. The molecular formula is C14H16N2OS. The zero-order valence-electron chi connectivity index (χ0n) is 10.6. The Kier molecular flexibility index (Phi) is 3.63. The monoisotopic (exact) mass is 260 g/mol. The third-order valence-electron chi connectivity index (χ3n) is 3.04. The summed E-state index contributed by atoms with van der Waals surface area (Å²) in [6, 6.07) is 7.51. The third-order valence-corrected chi connectivity index (χ3v) is 4.34. The summed E-state index contributed by atoms with van der Waals surface area (Å²) < 4.78 is 0.203. The van der Waals surface area contributed by atoms with Gasteiger partial charge in [0.15, 0.2) is 0 Å². The number of carbonyl (C=O) groups is 1. The molecule has 18 heavy (non-hydrogen) atoms. The van der Waals surface area contributed by atoms with Crippen molar-refractivity contribution in [2.24, 2.45) is 0 Å². The Morgan fingerprint density at radius 1 is 1.50 bits per heavy atom. The minimum Gasteiger partial charge on any atom is -0.368 e. The van der Waals surface area contributed by atoms with Gasteiger partial charge in [-0.25, -0.2) is 0 Å². The predicted octanol–water partition coefficient (Wildman–Crippen LogP) is 2.70. The highest BCUT2D eigenvalue weighted by Crippen LogP contribution is 2.33. The molecule has 0 N–H and O–H groups in total. The minimum atomic E-state index is 0.203. The second kappa shape index (κ2) is 5.03. The molecule has 4 heteroatoms. The van der Waals surface area contributed by atoms with Gasteiger partial charge in [0.2, 0.25) is 0 Å². The molecule has 1 aliphatic rings. The fourth-order valence-corrected chi connectivity index (χ4v) is 3.33. The maximum atomic E-state index is 10.7. The molecule has 0 aliphatic carbocycles. The van der Waals surface area contributed by atoms with E-state index >= 15 is 0 Å². The van der Waals surface area contributed by atoms with Crippen molar-refractivity contribution in [1.82, 2.24) is 0 Å². The standard InChI is InChI=1S/C14H16N2OS/c1-14(2)10-16(5-6-18-14)13-4-3-11(9-17)7-12(13)8-15/h3-4,7,9H,5-6,10H2,1-2H3. The number of anilines is 1. The molecule has 0 spiro atoms. The van der Waals surface area contributed by atoms with Crippen molar-refractivity contribution in [2.75, 3.05) is 23.7 Å². The Bertz CT molecular complexity index is 505. The third kappa shape index (κ3) is 2.68. The fraction of sp³-hybridized carbons (Fsp3) is 0.429. The lowest BCUT2D eigenvalue weighted by atomic mass is 10.1. The molecule has 1 fully saturated rings. The maximum Gasteiger partial charge on any atom is 0.150 e. The van der Waals surface area contributed by atoms with E-state index in [1.54, 1.807) is 12.1 Å². The van der Waals surface area contributed by atoms with Crippen molar-refractivity contribution in [3.8, 4) is 6.07 Å². The molecule has 0 unspecified atom stereocenters. The molecule has 1 aliphatic heterocycles. The zero-order chi connectivity index (χ0) is 13.2. The Morgan fingerprint density at radius 3 is 2.89 bits per heavy atom. The smallest absolute Gasteiger partial charge is 0.150 e. The Hall–Kier alpha value is -1.47. The number of nitrogens with zero attached hydrogens (tertiary/aromatic N) is 2. The molecule has 3 nitrogen and oxygen atoms in total. The normalized spacial score (nSPS) is 18.2. The van der Waals surface area contributed by atoms with Crippen LogP contribution in [0.3, 0.4) is 0 Å². The van der Waals surface area contributed by atoms with E-state index in [9.17, 15) is 10.1 Å². The second-order valence-corrected chi connectivity index (χ2v) is 6.84. The molecule has 1 heterocycles. The molecule has 0 saturated carbocycles. The van der Waals surface area contributed by atoms with Gasteiger partial charge in [-0.05, 0) is 32.0 Å². The quantitative estimate of drug-likeness (QED) is 0.767. The van der Waals surface area contributed by atoms with Crippen molar-refractivity contribution >= 4 is 23.7 Å². The van der Waals surface area contributed by atoms with Crippen LogP contribution in [-0.4, -0.2) is 29.9 Å². The van der Waals surface area contributed by atoms with Crippen LogP contribution >= 0.6 is 11.8 Å². The van der Waals surface area contributed by atoms with Crippen LogP contribution in [0.25, 0.3) is 0 Å². The predicted molar refractivity (Wildman–Crippen MR) is 75.3 cm³/mol. The number of aldehydes is 1. The molecule has 0 amide bonds. The van der Waals surface area contributed by atoms with E-state index in [0.717, 1.165) is 30.8 Å². The second-order valence-electron chi connectivity index (χ2n) is 5.04. The minimum absolute atomic E-state index is 0.203. The maximum absolute atomic E-state index is 10.7. The molecule has 1 saturated heterocycles. The van der Waals surface area contributed by atoms with E-state index in [1.165, 1.54) is 0 Å². The van der Waals surface area contributed by atoms with Crippen LogP contribution in [0, 0.1) is 11.3 Å². The van der Waals surface area contributed by atoms with Gasteiger partial charge in [0.25, 0.3) is 0 Å². The summed E-state index contributed by atoms with van der Waals surface area (Å²) in [6.45, 7) is 6.31. The number of hydrogen-bond donors (Lipinski definition) is 0. The Morgan fingerprint density at radius 2 is 2.28 bits per heavy atom. The molecule has 0 atom stereocenters. The lowest BCUT2D eigenvalue weighted by Gasteiger charge is -2.39. The number of hydrogen-bond acceptors (Lipinski definition) is 4. The van der Waals surface area contributed by atoms with E-state index in [4.69, 9.17) is 0 Å². The molecule has 2 rings (SSSR count). The number of carbonyl (C=O) groups excluding carboxylic acids is 1. The van der Waals surface area contributed by atoms with E-state index < -0.39 is 0 Å². The largest absolute Gasteiger partial charge is 0.368 e. The first-order chi connectivity index (χ1) is 8.55. The summed E-state index contributed by atoms with van der Waals surface area (Å²) in [7, 11) is 0. The first-order valence-electron chi connectivity index (χ1n) is 5.94. The summed E-state index contributed by atoms with van der Waals surface area (Å²) in [5, 5.41) is 9.20. The van der Waals surface area contributed by atoms with Gasteiger partial charge in [0.1, 0.15) is 12.4 Å². The van der Waals surface area contributed by atoms with Crippen LogP contribution < -0.4 is 4.90 Å². The van der Waals surface area contributed by atoms with Gasteiger partial charge >= 0.3 is 0 Å². The molecule has 1 aromatic carbocycles. The van der Waals surface area contributed by atoms with Gasteiger partial charge in [-0.2, -0.15) is 17.0 Å². The Balaban J connectivity index is 2.33. The molecule has 1 aromatic rings. The van der Waals surface area contributed by atoms with Crippen LogP contribution in [0.5, 0.6) is 0 Å². The molecule has 0 bridgehead atoms. The van der Waals surface area contributed by atoms with Crippen molar-refractivity contribution in [3.63, 3.8) is 0 Å². The Labute approximate surface area is 112 Å². The fourth-order valence-electron chi connectivity index (χ4n) is 2.21. The summed E-state index contributed by atoms with van der Waals surface area (Å²) in [5.41, 5.74) is 2.08. The van der Waals surface area contributed by atoms with Crippen molar-refractivity contribution < 1.29 is 4.79 Å². The number of benzene rings is 1. The molecule has 0 aromatic heterocycles. The molecule has 94 valence electrons. The highest BCUT2D eigenvalue weighted by atomic mass is 32.2. The van der Waals surface area contributed by atoms with E-state index in [2.05, 4.69) is 24.8 Å². The van der Waals surface area contributed by atoms with E-state index in [0.29, 0.717) is 11.1 Å². The summed E-state index contributed by atoms with van der Waals surface area (Å²) in [4.78, 5) is 13.0. The average Bonchev–Trinajstić information content (AvgIpc) is 2.36. The van der Waals surface area contributed by atoms with Gasteiger partial charge in [-0.1, -0.05) is 0 Å². The van der Waals surface area contributed by atoms with Crippen LogP contribution in [-0.2, 0) is 0 Å². The summed E-state index contributed by atoms with van der Waals surface area (Å²) in [6.07, 6.45) is 0.778. The van der Waals surface area contributed by atoms with Gasteiger partial charge in [0.05, 0.1) is 11.3 Å². The summed E-state index contributed by atoms with van der Waals surface area (Å²) in [5.74, 6) is 1.06. The molecular weight excluding hydrogens is 244 g/mol. The average molecular weight is 260 g/mol. The zero-order valence-corrected chi connectivity index (χ0v) is 11.5. The summed E-state index contributed by atoms with van der Waals surface area (Å²) >= 11 is 1.96. The lowest BCUT2D eigenvalue weighted by molar-refractivity contribution is 0.112. The number of rotatable bonds is 2. The van der Waals surface area contributed by atoms with Gasteiger partial charge < -0.3 is 4.90 Å². The molecule has 0 radical (unpaired) electrons. The number of nitriles is 1. The number of thioether (sulfide) groups is 1. The van der Waals surface area contributed by atoms with E-state index in [-0.39, 0.29) is 4.75 Å².